The number of carbonyl (C=O) groups excluding carboxylic acids is 1. The van der Waals surface area contributed by atoms with Crippen LogP contribution in [-0.2, 0) is 0 Å². The molecular formula is C15H21N3OS. The maximum absolute atomic E-state index is 12.7. The number of thiophene rings is 1. The van der Waals surface area contributed by atoms with Gasteiger partial charge in [-0.1, -0.05) is 20.8 Å². The first kappa shape index (κ1) is 14.8. The SMILES string of the molecule is CC(N(C)C(=O)c1sc2cccnc2c1N)C(C)(C)C. The largest absolute Gasteiger partial charge is 0.396 e. The molecule has 20 heavy (non-hydrogen) atoms. The molecule has 0 bridgehead atoms. The van der Waals surface area contributed by atoms with Crippen molar-refractivity contribution in [3.8, 4) is 0 Å². The lowest BCUT2D eigenvalue weighted by Gasteiger charge is -2.35. The summed E-state index contributed by atoms with van der Waals surface area (Å²) in [6.07, 6.45) is 1.70. The number of fused-ring (bicyclic) bond motifs is 1. The van der Waals surface area contributed by atoms with Crippen molar-refractivity contribution in [3.05, 3.63) is 23.2 Å². The Labute approximate surface area is 123 Å². The Balaban J connectivity index is 2.39. The molecule has 4 nitrogen and oxygen atoms in total. The van der Waals surface area contributed by atoms with Crippen LogP contribution in [0.5, 0.6) is 0 Å². The summed E-state index contributed by atoms with van der Waals surface area (Å²) in [5, 5.41) is 0. The normalized spacial score (nSPS) is 13.4. The van der Waals surface area contributed by atoms with E-state index < -0.39 is 0 Å². The van der Waals surface area contributed by atoms with Crippen molar-refractivity contribution in [2.75, 3.05) is 12.8 Å². The van der Waals surface area contributed by atoms with Crippen molar-refractivity contribution in [3.63, 3.8) is 0 Å². The van der Waals surface area contributed by atoms with Gasteiger partial charge in [-0.15, -0.1) is 11.3 Å². The highest BCUT2D eigenvalue weighted by atomic mass is 32.1. The Morgan fingerprint density at radius 1 is 1.45 bits per heavy atom. The van der Waals surface area contributed by atoms with Crippen molar-refractivity contribution in [2.24, 2.45) is 5.41 Å². The van der Waals surface area contributed by atoms with Crippen LogP contribution in [0.3, 0.4) is 0 Å². The van der Waals surface area contributed by atoms with Gasteiger partial charge in [-0.2, -0.15) is 0 Å². The van der Waals surface area contributed by atoms with Crippen LogP contribution >= 0.6 is 11.3 Å². The molecule has 2 rings (SSSR count). The van der Waals surface area contributed by atoms with Crippen LogP contribution in [0.2, 0.25) is 0 Å². The average Bonchev–Trinajstić information content (AvgIpc) is 2.73. The molecule has 0 aliphatic heterocycles. The number of amides is 1. The van der Waals surface area contributed by atoms with Crippen LogP contribution in [0.1, 0.15) is 37.4 Å². The minimum Gasteiger partial charge on any atom is -0.396 e. The summed E-state index contributed by atoms with van der Waals surface area (Å²) in [5.41, 5.74) is 7.32. The minimum absolute atomic E-state index is 0.0219. The Bertz CT molecular complexity index is 642. The van der Waals surface area contributed by atoms with Crippen molar-refractivity contribution in [1.82, 2.24) is 9.88 Å². The second-order valence-electron chi connectivity index (χ2n) is 6.15. The van der Waals surface area contributed by atoms with Gasteiger partial charge < -0.3 is 10.6 Å². The zero-order chi connectivity index (χ0) is 15.1. The van der Waals surface area contributed by atoms with Gasteiger partial charge in [-0.3, -0.25) is 9.78 Å². The standard InChI is InChI=1S/C15H21N3OS/c1-9(15(2,3)4)18(5)14(19)13-11(16)12-10(20-13)7-6-8-17-12/h6-9H,16H2,1-5H3. The fourth-order valence-electron chi connectivity index (χ4n) is 2.02. The van der Waals surface area contributed by atoms with Gasteiger partial charge in [0.2, 0.25) is 0 Å². The van der Waals surface area contributed by atoms with Gasteiger partial charge in [0.1, 0.15) is 10.4 Å². The van der Waals surface area contributed by atoms with Gasteiger partial charge in [0.05, 0.1) is 10.4 Å². The van der Waals surface area contributed by atoms with Crippen molar-refractivity contribution >= 4 is 33.1 Å². The van der Waals surface area contributed by atoms with E-state index in [0.29, 0.717) is 10.6 Å². The molecule has 0 aromatic carbocycles. The van der Waals surface area contributed by atoms with Crippen LogP contribution in [-0.4, -0.2) is 28.9 Å². The van der Waals surface area contributed by atoms with E-state index in [-0.39, 0.29) is 17.4 Å². The second kappa shape index (κ2) is 5.05. The van der Waals surface area contributed by atoms with Gasteiger partial charge in [0, 0.05) is 19.3 Å². The van der Waals surface area contributed by atoms with Gasteiger partial charge in [-0.25, -0.2) is 0 Å². The fraction of sp³-hybridized carbons (Fsp3) is 0.467. The molecule has 1 unspecified atom stereocenters. The molecule has 2 heterocycles. The minimum atomic E-state index is -0.0343. The number of anilines is 1. The number of hydrogen-bond donors (Lipinski definition) is 1. The summed E-state index contributed by atoms with van der Waals surface area (Å²) in [6.45, 7) is 8.42. The smallest absolute Gasteiger partial charge is 0.266 e. The zero-order valence-corrected chi connectivity index (χ0v) is 13.4. The van der Waals surface area contributed by atoms with Crippen molar-refractivity contribution < 1.29 is 4.79 Å². The van der Waals surface area contributed by atoms with E-state index >= 15 is 0 Å². The first-order valence-electron chi connectivity index (χ1n) is 6.63. The van der Waals surface area contributed by atoms with Gasteiger partial charge in [-0.05, 0) is 24.5 Å². The summed E-state index contributed by atoms with van der Waals surface area (Å²) in [7, 11) is 1.83. The molecule has 0 saturated carbocycles. The molecule has 2 aromatic heterocycles. The molecule has 2 aromatic rings. The maximum Gasteiger partial charge on any atom is 0.266 e. The topological polar surface area (TPSA) is 59.2 Å². The van der Waals surface area contributed by atoms with E-state index in [0.717, 1.165) is 10.2 Å². The van der Waals surface area contributed by atoms with Gasteiger partial charge >= 0.3 is 0 Å². The molecule has 2 N–H and O–H groups in total. The summed E-state index contributed by atoms with van der Waals surface area (Å²) in [5.74, 6) is -0.0343. The molecule has 0 aliphatic carbocycles. The molecule has 1 atom stereocenters. The molecular weight excluding hydrogens is 270 g/mol. The van der Waals surface area contributed by atoms with E-state index in [1.54, 1.807) is 11.1 Å². The second-order valence-corrected chi connectivity index (χ2v) is 7.21. The Hall–Kier alpha value is -1.62. The summed E-state index contributed by atoms with van der Waals surface area (Å²) in [4.78, 5) is 19.2. The molecule has 0 saturated heterocycles. The van der Waals surface area contributed by atoms with Crippen LogP contribution in [0.15, 0.2) is 18.3 Å². The Morgan fingerprint density at radius 2 is 2.10 bits per heavy atom. The zero-order valence-electron chi connectivity index (χ0n) is 12.6. The number of nitrogens with zero attached hydrogens (tertiary/aromatic N) is 2. The molecule has 108 valence electrons. The van der Waals surface area contributed by atoms with E-state index in [2.05, 4.69) is 32.7 Å². The monoisotopic (exact) mass is 291 g/mol. The first-order chi connectivity index (χ1) is 9.23. The number of nitrogens with two attached hydrogens (primary N) is 1. The highest BCUT2D eigenvalue weighted by molar-refractivity contribution is 7.21. The lowest BCUT2D eigenvalue weighted by atomic mass is 9.87. The van der Waals surface area contributed by atoms with Crippen molar-refractivity contribution in [1.29, 1.82) is 0 Å². The van der Waals surface area contributed by atoms with Gasteiger partial charge in [0.15, 0.2) is 0 Å². The number of hydrogen-bond acceptors (Lipinski definition) is 4. The number of nitrogen functional groups attached to an aromatic ring is 1. The van der Waals surface area contributed by atoms with Crippen LogP contribution in [0, 0.1) is 5.41 Å². The molecule has 0 aliphatic rings. The lowest BCUT2D eigenvalue weighted by Crippen LogP contribution is -2.42. The number of pyridine rings is 1. The number of aromatic nitrogens is 1. The molecule has 0 fully saturated rings. The van der Waals surface area contributed by atoms with Gasteiger partial charge in [0.25, 0.3) is 5.91 Å². The highest BCUT2D eigenvalue weighted by Gasteiger charge is 2.29. The van der Waals surface area contributed by atoms with E-state index in [1.807, 2.05) is 19.2 Å². The van der Waals surface area contributed by atoms with E-state index in [4.69, 9.17) is 5.73 Å². The molecule has 0 radical (unpaired) electrons. The molecule has 5 heteroatoms. The Kier molecular flexibility index (Phi) is 3.73. The van der Waals surface area contributed by atoms with Crippen molar-refractivity contribution in [2.45, 2.75) is 33.7 Å². The van der Waals surface area contributed by atoms with E-state index in [1.165, 1.54) is 11.3 Å². The van der Waals surface area contributed by atoms with Crippen LogP contribution in [0.4, 0.5) is 5.69 Å². The van der Waals surface area contributed by atoms with E-state index in [9.17, 15) is 4.79 Å². The van der Waals surface area contributed by atoms with Crippen LogP contribution in [0.25, 0.3) is 10.2 Å². The predicted octanol–water partition coefficient (Wildman–Crippen LogP) is 3.39. The summed E-state index contributed by atoms with van der Waals surface area (Å²) >= 11 is 1.41. The Morgan fingerprint density at radius 3 is 2.65 bits per heavy atom. The number of rotatable bonds is 2. The first-order valence-corrected chi connectivity index (χ1v) is 7.45. The van der Waals surface area contributed by atoms with Crippen LogP contribution < -0.4 is 5.73 Å². The third-order valence-electron chi connectivity index (χ3n) is 3.83. The number of carbonyl (C=O) groups is 1. The quantitative estimate of drug-likeness (QED) is 0.922. The molecule has 0 spiro atoms. The fourth-order valence-corrected chi connectivity index (χ4v) is 3.09. The predicted molar refractivity (Wildman–Crippen MR) is 85.0 cm³/mol. The highest BCUT2D eigenvalue weighted by Crippen LogP contribution is 2.34. The summed E-state index contributed by atoms with van der Waals surface area (Å²) < 4.78 is 0.949. The maximum atomic E-state index is 12.7. The third kappa shape index (κ3) is 2.50. The average molecular weight is 291 g/mol. The summed E-state index contributed by atoms with van der Waals surface area (Å²) in [6, 6.07) is 3.91. The lowest BCUT2D eigenvalue weighted by molar-refractivity contribution is 0.0635. The third-order valence-corrected chi connectivity index (χ3v) is 4.98. The molecule has 1 amide bonds.